The second-order valence-electron chi connectivity index (χ2n) is 9.74. The van der Waals surface area contributed by atoms with Crippen LogP contribution in [0, 0.1) is 0 Å². The third kappa shape index (κ3) is 5.04. The summed E-state index contributed by atoms with van der Waals surface area (Å²) in [5.74, 6) is -1.27. The monoisotopic (exact) mass is 478 g/mol. The van der Waals surface area contributed by atoms with Gasteiger partial charge in [-0.1, -0.05) is 61.9 Å². The second kappa shape index (κ2) is 10.5. The fourth-order valence-electron chi connectivity index (χ4n) is 5.44. The summed E-state index contributed by atoms with van der Waals surface area (Å²) in [5.41, 5.74) is 3.40. The number of carbonyl (C=O) groups excluding carboxylic acids is 2. The molecule has 2 aromatic carbocycles. The fraction of sp³-hybridized carbons (Fsp3) is 0.464. The molecule has 1 aliphatic carbocycles. The molecule has 0 radical (unpaired) electrons. The maximum absolute atomic E-state index is 13.1. The van der Waals surface area contributed by atoms with Crippen LogP contribution in [0.1, 0.15) is 69.4 Å². The van der Waals surface area contributed by atoms with Gasteiger partial charge in [0.1, 0.15) is 12.1 Å². The molecule has 0 bridgehead atoms. The van der Waals surface area contributed by atoms with E-state index in [4.69, 9.17) is 4.74 Å². The zero-order chi connectivity index (χ0) is 25.0. The molecule has 2 aromatic rings. The van der Waals surface area contributed by atoms with Gasteiger partial charge in [0.25, 0.3) is 0 Å². The molecule has 2 N–H and O–H groups in total. The third-order valence-electron chi connectivity index (χ3n) is 7.38. The number of benzene rings is 2. The molecule has 1 aliphatic heterocycles. The van der Waals surface area contributed by atoms with Crippen molar-refractivity contribution >= 4 is 18.0 Å². The van der Waals surface area contributed by atoms with Crippen molar-refractivity contribution in [2.75, 3.05) is 13.2 Å². The number of carboxylic acids is 1. The molecule has 2 amide bonds. The van der Waals surface area contributed by atoms with E-state index in [1.165, 1.54) is 4.90 Å². The van der Waals surface area contributed by atoms with E-state index in [0.29, 0.717) is 19.4 Å². The van der Waals surface area contributed by atoms with Crippen LogP contribution >= 0.6 is 0 Å². The number of ether oxygens (including phenoxy) is 1. The van der Waals surface area contributed by atoms with Gasteiger partial charge in [-0.25, -0.2) is 9.59 Å². The number of hydrogen-bond acceptors (Lipinski definition) is 4. The maximum atomic E-state index is 13.1. The van der Waals surface area contributed by atoms with Gasteiger partial charge in [0.05, 0.1) is 0 Å². The lowest BCUT2D eigenvalue weighted by Crippen LogP contribution is -2.58. The first-order chi connectivity index (χ1) is 16.8. The van der Waals surface area contributed by atoms with E-state index in [-0.39, 0.29) is 24.9 Å². The maximum Gasteiger partial charge on any atom is 0.407 e. The van der Waals surface area contributed by atoms with Crippen LogP contribution in [0.5, 0.6) is 0 Å². The van der Waals surface area contributed by atoms with Gasteiger partial charge in [0, 0.05) is 24.9 Å². The Morgan fingerprint density at radius 2 is 1.71 bits per heavy atom. The number of carboxylic acid groups (broad SMARTS) is 1. The minimum absolute atomic E-state index is 0.0379. The zero-order valence-corrected chi connectivity index (χ0v) is 20.5. The number of carbonyl (C=O) groups is 3. The number of piperidine rings is 1. The molecule has 0 saturated carbocycles. The third-order valence-corrected chi connectivity index (χ3v) is 7.38. The highest BCUT2D eigenvalue weighted by atomic mass is 16.5. The lowest BCUT2D eigenvalue weighted by molar-refractivity contribution is -0.161. The summed E-state index contributed by atoms with van der Waals surface area (Å²) in [6.07, 6.45) is 2.88. The first kappa shape index (κ1) is 24.8. The summed E-state index contributed by atoms with van der Waals surface area (Å²) >= 11 is 0. The SMILES string of the molecule is CCCC(CC(=O)N1CCCCC1(C)C(=O)O)NC(=O)OCC1c2ccccc2-c2ccccc21. The largest absolute Gasteiger partial charge is 0.480 e. The second-order valence-corrected chi connectivity index (χ2v) is 9.74. The predicted molar refractivity (Wildman–Crippen MR) is 133 cm³/mol. The zero-order valence-electron chi connectivity index (χ0n) is 20.5. The van der Waals surface area contributed by atoms with Gasteiger partial charge in [0.2, 0.25) is 5.91 Å². The van der Waals surface area contributed by atoms with E-state index >= 15 is 0 Å². The summed E-state index contributed by atoms with van der Waals surface area (Å²) in [6, 6.07) is 15.9. The Labute approximate surface area is 206 Å². The Morgan fingerprint density at radius 1 is 1.09 bits per heavy atom. The van der Waals surface area contributed by atoms with Crippen LogP contribution in [0.2, 0.25) is 0 Å². The van der Waals surface area contributed by atoms with Gasteiger partial charge >= 0.3 is 12.1 Å². The van der Waals surface area contributed by atoms with Crippen LogP contribution in [0.15, 0.2) is 48.5 Å². The van der Waals surface area contributed by atoms with Gasteiger partial charge in [-0.15, -0.1) is 0 Å². The highest BCUT2D eigenvalue weighted by Crippen LogP contribution is 2.44. The number of hydrogen-bond donors (Lipinski definition) is 2. The fourth-order valence-corrected chi connectivity index (χ4v) is 5.44. The van der Waals surface area contributed by atoms with Crippen LogP contribution in [-0.2, 0) is 14.3 Å². The molecule has 0 spiro atoms. The summed E-state index contributed by atoms with van der Waals surface area (Å²) in [5, 5.41) is 12.6. The van der Waals surface area contributed by atoms with Crippen LogP contribution in [0.4, 0.5) is 4.79 Å². The van der Waals surface area contributed by atoms with Crippen molar-refractivity contribution in [3.05, 3.63) is 59.7 Å². The number of amides is 2. The van der Waals surface area contributed by atoms with E-state index in [1.54, 1.807) is 6.92 Å². The first-order valence-corrected chi connectivity index (χ1v) is 12.5. The van der Waals surface area contributed by atoms with Crippen LogP contribution in [0.25, 0.3) is 11.1 Å². The molecule has 2 atom stereocenters. The highest BCUT2D eigenvalue weighted by molar-refractivity contribution is 5.87. The first-order valence-electron chi connectivity index (χ1n) is 12.5. The number of aliphatic carboxylic acids is 1. The number of nitrogens with zero attached hydrogens (tertiary/aromatic N) is 1. The molecule has 2 aliphatic rings. The quantitative estimate of drug-likeness (QED) is 0.560. The number of nitrogens with one attached hydrogen (secondary N) is 1. The van der Waals surface area contributed by atoms with E-state index in [1.807, 2.05) is 31.2 Å². The summed E-state index contributed by atoms with van der Waals surface area (Å²) < 4.78 is 5.65. The molecular formula is C28H34N2O5. The van der Waals surface area contributed by atoms with Gasteiger partial charge in [-0.2, -0.15) is 0 Å². The Morgan fingerprint density at radius 3 is 2.31 bits per heavy atom. The van der Waals surface area contributed by atoms with Gasteiger partial charge in [0.15, 0.2) is 0 Å². The Balaban J connectivity index is 1.39. The standard InChI is InChI=1S/C28H34N2O5/c1-3-10-19(17-25(31)30-16-9-8-15-28(30,2)26(32)33)29-27(34)35-18-24-22-13-6-4-11-20(22)21-12-5-7-14-23(21)24/h4-7,11-14,19,24H,3,8-10,15-18H2,1-2H3,(H,29,34)(H,32,33). The van der Waals surface area contributed by atoms with Crippen molar-refractivity contribution in [2.24, 2.45) is 0 Å². The van der Waals surface area contributed by atoms with Crippen LogP contribution in [-0.4, -0.2) is 52.7 Å². The van der Waals surface area contributed by atoms with Crippen molar-refractivity contribution in [1.29, 1.82) is 0 Å². The normalized spacial score (nSPS) is 20.0. The van der Waals surface area contributed by atoms with E-state index < -0.39 is 23.6 Å². The molecule has 7 heteroatoms. The van der Waals surface area contributed by atoms with Crippen LogP contribution in [0.3, 0.4) is 0 Å². The molecule has 2 unspecified atom stereocenters. The lowest BCUT2D eigenvalue weighted by Gasteiger charge is -2.42. The molecule has 1 heterocycles. The van der Waals surface area contributed by atoms with Crippen molar-refractivity contribution in [1.82, 2.24) is 10.2 Å². The van der Waals surface area contributed by atoms with Gasteiger partial charge in [-0.05, 0) is 54.9 Å². The number of rotatable bonds is 8. The molecule has 0 aromatic heterocycles. The van der Waals surface area contributed by atoms with E-state index in [0.717, 1.165) is 41.5 Å². The molecule has 1 fully saturated rings. The molecule has 186 valence electrons. The minimum Gasteiger partial charge on any atom is -0.480 e. The predicted octanol–water partition coefficient (Wildman–Crippen LogP) is 4.94. The van der Waals surface area contributed by atoms with Crippen molar-refractivity contribution in [3.63, 3.8) is 0 Å². The Kier molecular flexibility index (Phi) is 7.43. The van der Waals surface area contributed by atoms with E-state index in [9.17, 15) is 19.5 Å². The number of fused-ring (bicyclic) bond motifs is 3. The minimum atomic E-state index is -1.20. The Bertz CT molecular complexity index is 1050. The summed E-state index contributed by atoms with van der Waals surface area (Å²) in [7, 11) is 0. The Hall–Kier alpha value is -3.35. The van der Waals surface area contributed by atoms with Crippen LogP contribution < -0.4 is 5.32 Å². The lowest BCUT2D eigenvalue weighted by atomic mass is 9.87. The number of likely N-dealkylation sites (tertiary alicyclic amines) is 1. The van der Waals surface area contributed by atoms with Crippen molar-refractivity contribution < 1.29 is 24.2 Å². The molecular weight excluding hydrogens is 444 g/mol. The summed E-state index contributed by atoms with van der Waals surface area (Å²) in [6.45, 7) is 4.22. The molecule has 1 saturated heterocycles. The summed E-state index contributed by atoms with van der Waals surface area (Å²) in [4.78, 5) is 39.2. The smallest absolute Gasteiger partial charge is 0.407 e. The van der Waals surface area contributed by atoms with E-state index in [2.05, 4.69) is 29.6 Å². The van der Waals surface area contributed by atoms with Gasteiger partial charge < -0.3 is 20.1 Å². The van der Waals surface area contributed by atoms with Crippen molar-refractivity contribution in [2.45, 2.75) is 69.9 Å². The van der Waals surface area contributed by atoms with Crippen molar-refractivity contribution in [3.8, 4) is 11.1 Å². The molecule has 35 heavy (non-hydrogen) atoms. The number of alkyl carbamates (subject to hydrolysis) is 1. The average molecular weight is 479 g/mol. The molecule has 4 rings (SSSR count). The van der Waals surface area contributed by atoms with Gasteiger partial charge in [-0.3, -0.25) is 4.79 Å². The molecule has 7 nitrogen and oxygen atoms in total. The topological polar surface area (TPSA) is 95.9 Å². The highest BCUT2D eigenvalue weighted by Gasteiger charge is 2.44. The average Bonchev–Trinajstić information content (AvgIpc) is 3.16.